The van der Waals surface area contributed by atoms with Gasteiger partial charge >= 0.3 is 0 Å². The van der Waals surface area contributed by atoms with Gasteiger partial charge in [-0.3, -0.25) is 0 Å². The molecule has 0 N–H and O–H groups in total. The van der Waals surface area contributed by atoms with E-state index >= 15 is 0 Å². The zero-order valence-electron chi connectivity index (χ0n) is 14.0. The Morgan fingerprint density at radius 2 is 1.00 bits per heavy atom. The Hall–Kier alpha value is -3.06. The van der Waals surface area contributed by atoms with Gasteiger partial charge in [0, 0.05) is 0 Å². The first kappa shape index (κ1) is 16.8. The van der Waals surface area contributed by atoms with Crippen molar-refractivity contribution < 1.29 is 0 Å². The average molecular weight is 318 g/mol. The quantitative estimate of drug-likeness (QED) is 0.400. The lowest BCUT2D eigenvalue weighted by molar-refractivity contribution is 1.61. The lowest BCUT2D eigenvalue weighted by Gasteiger charge is -2.07. The Labute approximate surface area is 151 Å². The molecule has 0 aliphatic heterocycles. The molecule has 3 aromatic rings. The first-order chi connectivity index (χ1) is 12.3. The summed E-state index contributed by atoms with van der Waals surface area (Å²) in [4.78, 5) is 0. The fraction of sp³-hybridized carbons (Fsp3) is 0. The molecule has 0 atom stereocenters. The molecular formula is C24H19B. The van der Waals surface area contributed by atoms with Crippen molar-refractivity contribution >= 4 is 25.6 Å². The Morgan fingerprint density at radius 1 is 0.560 bits per heavy atom. The molecule has 3 aromatic carbocycles. The van der Waals surface area contributed by atoms with Crippen LogP contribution < -0.4 is 0 Å². The molecule has 0 aliphatic carbocycles. The minimum absolute atomic E-state index is 0.738. The monoisotopic (exact) mass is 318 g/mol. The van der Waals surface area contributed by atoms with Gasteiger partial charge in [-0.05, 0) is 22.3 Å². The van der Waals surface area contributed by atoms with Crippen molar-refractivity contribution in [2.45, 2.75) is 0 Å². The van der Waals surface area contributed by atoms with E-state index in [1.807, 2.05) is 66.7 Å². The molecule has 0 heterocycles. The Balaban J connectivity index is 1.95. The standard InChI is InChI=1S/C24H19B/c25-24(19-17-21-12-6-2-7-13-21)23(22-14-8-3-9-15-22)18-16-20-10-4-1-5-11-20/h1-19H/b18-16+,19-17+,24-23-. The topological polar surface area (TPSA) is 0 Å². The first-order valence-corrected chi connectivity index (χ1v) is 8.34. The van der Waals surface area contributed by atoms with E-state index in [-0.39, 0.29) is 0 Å². The van der Waals surface area contributed by atoms with Crippen molar-refractivity contribution in [3.63, 3.8) is 0 Å². The van der Waals surface area contributed by atoms with Gasteiger partial charge in [0.2, 0.25) is 0 Å². The molecule has 0 saturated carbocycles. The van der Waals surface area contributed by atoms with Gasteiger partial charge in [0.05, 0.1) is 0 Å². The number of hydrogen-bond donors (Lipinski definition) is 0. The zero-order chi connectivity index (χ0) is 17.3. The van der Waals surface area contributed by atoms with E-state index in [4.69, 9.17) is 7.85 Å². The zero-order valence-corrected chi connectivity index (χ0v) is 14.0. The molecule has 25 heavy (non-hydrogen) atoms. The van der Waals surface area contributed by atoms with E-state index in [1.165, 1.54) is 0 Å². The summed E-state index contributed by atoms with van der Waals surface area (Å²) in [6.45, 7) is 0. The summed E-state index contributed by atoms with van der Waals surface area (Å²) in [6.07, 6.45) is 8.17. The van der Waals surface area contributed by atoms with Gasteiger partial charge in [-0.1, -0.05) is 121 Å². The molecule has 0 amide bonds. The molecule has 0 fully saturated rings. The largest absolute Gasteiger partial charge is 0.114 e. The van der Waals surface area contributed by atoms with Crippen molar-refractivity contribution in [1.29, 1.82) is 0 Å². The molecule has 3 rings (SSSR count). The fourth-order valence-corrected chi connectivity index (χ4v) is 2.56. The van der Waals surface area contributed by atoms with Crippen molar-refractivity contribution in [3.05, 3.63) is 125 Å². The van der Waals surface area contributed by atoms with Gasteiger partial charge in [0.25, 0.3) is 0 Å². The second-order valence-electron chi connectivity index (χ2n) is 5.72. The van der Waals surface area contributed by atoms with E-state index in [9.17, 15) is 0 Å². The smallest absolute Gasteiger partial charge is 0.0890 e. The normalized spacial score (nSPS) is 12.5. The number of hydrogen-bond acceptors (Lipinski definition) is 0. The second kappa shape index (κ2) is 8.70. The summed E-state index contributed by atoms with van der Waals surface area (Å²) < 4.78 is 0. The van der Waals surface area contributed by atoms with E-state index < -0.39 is 0 Å². The molecule has 0 unspecified atom stereocenters. The number of allylic oxidation sites excluding steroid dienone is 4. The summed E-state index contributed by atoms with van der Waals surface area (Å²) in [5.41, 5.74) is 5.13. The first-order valence-electron chi connectivity index (χ1n) is 8.34. The van der Waals surface area contributed by atoms with Gasteiger partial charge in [0.1, 0.15) is 7.85 Å². The summed E-state index contributed by atoms with van der Waals surface area (Å²) in [5.74, 6) is 0. The predicted octanol–water partition coefficient (Wildman–Crippen LogP) is 5.99. The highest BCUT2D eigenvalue weighted by molar-refractivity contribution is 6.28. The molecule has 0 aliphatic rings. The van der Waals surface area contributed by atoms with Gasteiger partial charge in [-0.25, -0.2) is 0 Å². The van der Waals surface area contributed by atoms with Gasteiger partial charge < -0.3 is 0 Å². The molecule has 0 aromatic heterocycles. The maximum absolute atomic E-state index is 6.40. The predicted molar refractivity (Wildman–Crippen MR) is 110 cm³/mol. The minimum Gasteiger partial charge on any atom is -0.0890 e. The van der Waals surface area contributed by atoms with Gasteiger partial charge in [-0.2, -0.15) is 0 Å². The summed E-state index contributed by atoms with van der Waals surface area (Å²) in [5, 5.41) is 0. The van der Waals surface area contributed by atoms with E-state index in [1.54, 1.807) is 0 Å². The van der Waals surface area contributed by atoms with Crippen LogP contribution >= 0.6 is 0 Å². The number of benzene rings is 3. The lowest BCUT2D eigenvalue weighted by atomic mass is 9.85. The van der Waals surface area contributed by atoms with Gasteiger partial charge in [0.15, 0.2) is 0 Å². The number of rotatable bonds is 5. The van der Waals surface area contributed by atoms with Crippen LogP contribution in [0.5, 0.6) is 0 Å². The van der Waals surface area contributed by atoms with E-state index in [0.717, 1.165) is 27.7 Å². The molecule has 1 heteroatoms. The summed E-state index contributed by atoms with van der Waals surface area (Å²) >= 11 is 0. The summed E-state index contributed by atoms with van der Waals surface area (Å²) in [6, 6.07) is 30.6. The van der Waals surface area contributed by atoms with Crippen LogP contribution in [0.15, 0.2) is 109 Å². The minimum atomic E-state index is 0.738. The van der Waals surface area contributed by atoms with Crippen LogP contribution in [0.25, 0.3) is 17.7 Å². The van der Waals surface area contributed by atoms with Crippen LogP contribution in [0, 0.1) is 0 Å². The van der Waals surface area contributed by atoms with Crippen LogP contribution in [-0.2, 0) is 0 Å². The molecule has 0 saturated heterocycles. The second-order valence-corrected chi connectivity index (χ2v) is 5.72. The lowest BCUT2D eigenvalue weighted by Crippen LogP contribution is -1.88. The van der Waals surface area contributed by atoms with Crippen LogP contribution in [0.4, 0.5) is 0 Å². The SMILES string of the molecule is [B]C(/C=C/c1ccccc1)=C(/C=C/c1ccccc1)c1ccccc1. The highest BCUT2D eigenvalue weighted by Gasteiger charge is 2.00. The molecular weight excluding hydrogens is 299 g/mol. The maximum Gasteiger partial charge on any atom is 0.114 e. The Morgan fingerprint density at radius 3 is 1.52 bits per heavy atom. The Kier molecular flexibility index (Phi) is 5.84. The molecule has 0 bridgehead atoms. The summed E-state index contributed by atoms with van der Waals surface area (Å²) in [7, 11) is 6.40. The molecule has 118 valence electrons. The van der Waals surface area contributed by atoms with E-state index in [2.05, 4.69) is 48.6 Å². The third-order valence-electron chi connectivity index (χ3n) is 3.89. The van der Waals surface area contributed by atoms with Crippen molar-refractivity contribution in [2.75, 3.05) is 0 Å². The van der Waals surface area contributed by atoms with Crippen LogP contribution in [0.3, 0.4) is 0 Å². The van der Waals surface area contributed by atoms with Crippen molar-refractivity contribution in [1.82, 2.24) is 0 Å². The third-order valence-corrected chi connectivity index (χ3v) is 3.89. The van der Waals surface area contributed by atoms with Crippen LogP contribution in [-0.4, -0.2) is 7.85 Å². The highest BCUT2D eigenvalue weighted by Crippen LogP contribution is 2.21. The molecule has 2 radical (unpaired) electrons. The Bertz CT molecular complexity index is 873. The van der Waals surface area contributed by atoms with Crippen LogP contribution in [0.2, 0.25) is 0 Å². The van der Waals surface area contributed by atoms with Crippen LogP contribution in [0.1, 0.15) is 16.7 Å². The van der Waals surface area contributed by atoms with Gasteiger partial charge in [-0.15, -0.1) is 0 Å². The van der Waals surface area contributed by atoms with Crippen molar-refractivity contribution in [2.24, 2.45) is 0 Å². The molecule has 0 spiro atoms. The third kappa shape index (κ3) is 4.96. The molecule has 0 nitrogen and oxygen atoms in total. The highest BCUT2D eigenvalue weighted by atomic mass is 14.0. The average Bonchev–Trinajstić information content (AvgIpc) is 2.69. The van der Waals surface area contributed by atoms with E-state index in [0.29, 0.717) is 0 Å². The van der Waals surface area contributed by atoms with Crippen molar-refractivity contribution in [3.8, 4) is 0 Å². The fourth-order valence-electron chi connectivity index (χ4n) is 2.56. The maximum atomic E-state index is 6.40.